The molecule has 0 radical (unpaired) electrons. The minimum absolute atomic E-state index is 0.645. The summed E-state index contributed by atoms with van der Waals surface area (Å²) < 4.78 is 0. The number of hydrogen-bond acceptors (Lipinski definition) is 4. The first-order valence-electron chi connectivity index (χ1n) is 10.9. The summed E-state index contributed by atoms with van der Waals surface area (Å²) in [6.07, 6.45) is 23.5. The Hall–Kier alpha value is -0.910. The molecule has 5 heteroatoms. The van der Waals surface area contributed by atoms with E-state index in [1.54, 1.807) is 0 Å². The highest BCUT2D eigenvalue weighted by atomic mass is 17.2. The van der Waals surface area contributed by atoms with Crippen LogP contribution >= 0.6 is 0 Å². The van der Waals surface area contributed by atoms with E-state index in [4.69, 9.17) is 24.8 Å². The van der Waals surface area contributed by atoms with E-state index in [1.165, 1.54) is 83.5 Å². The van der Waals surface area contributed by atoms with Crippen LogP contribution in [0.4, 0.5) is 0 Å². The van der Waals surface area contributed by atoms with Gasteiger partial charge >= 0.3 is 5.97 Å². The van der Waals surface area contributed by atoms with Gasteiger partial charge in [0.05, 0.1) is 13.2 Å². The van der Waals surface area contributed by atoms with Crippen LogP contribution in [0.1, 0.15) is 104 Å². The number of allylic oxidation sites excluding steroid dienone is 2. The second kappa shape index (κ2) is 27.3. The van der Waals surface area contributed by atoms with Crippen molar-refractivity contribution in [1.82, 2.24) is 0 Å². The first-order valence-corrected chi connectivity index (χ1v) is 10.9. The predicted octanol–water partition coefficient (Wildman–Crippen LogP) is 6.06. The Kier molecular flexibility index (Phi) is 28.6. The van der Waals surface area contributed by atoms with Gasteiger partial charge in [0.25, 0.3) is 0 Å². The molecule has 0 saturated carbocycles. The van der Waals surface area contributed by atoms with Crippen LogP contribution < -0.4 is 0 Å². The molecule has 2 N–H and O–H groups in total. The normalized spacial score (nSPS) is 10.8. The predicted molar refractivity (Wildman–Crippen MR) is 112 cm³/mol. The van der Waals surface area contributed by atoms with Crippen molar-refractivity contribution >= 4 is 5.97 Å². The van der Waals surface area contributed by atoms with Crippen molar-refractivity contribution in [3.63, 3.8) is 0 Å². The fourth-order valence-corrected chi connectivity index (χ4v) is 2.55. The molecule has 0 unspecified atom stereocenters. The first-order chi connectivity index (χ1) is 13.2. The fourth-order valence-electron chi connectivity index (χ4n) is 2.55. The number of rotatable bonds is 19. The average molecular weight is 389 g/mol. The summed E-state index contributed by atoms with van der Waals surface area (Å²) in [6.45, 7) is 4.84. The highest BCUT2D eigenvalue weighted by molar-refractivity contribution is 5.67. The second-order valence-electron chi connectivity index (χ2n) is 6.72. The first kappa shape index (κ1) is 28.3. The fraction of sp³-hybridized carbons (Fsp3) is 0.864. The molecular weight excluding hydrogens is 344 g/mol. The van der Waals surface area contributed by atoms with Gasteiger partial charge in [-0.15, -0.1) is 0 Å². The van der Waals surface area contributed by atoms with E-state index in [2.05, 4.69) is 19.1 Å². The Morgan fingerprint density at radius 2 is 1.19 bits per heavy atom. The molecule has 0 atom stereocenters. The number of aliphatic hydroxyl groups excluding tert-OH is 1. The van der Waals surface area contributed by atoms with E-state index in [9.17, 15) is 0 Å². The SMILES string of the molecule is CCCCCCCC/C=C\CCCCCCCCOOCC.O=C(O)CO. The smallest absolute Gasteiger partial charge is 0.329 e. The average Bonchev–Trinajstić information content (AvgIpc) is 2.67. The van der Waals surface area contributed by atoms with Crippen molar-refractivity contribution in [1.29, 1.82) is 0 Å². The lowest BCUT2D eigenvalue weighted by Gasteiger charge is -2.02. The van der Waals surface area contributed by atoms with Crippen molar-refractivity contribution < 1.29 is 24.8 Å². The van der Waals surface area contributed by atoms with E-state index in [0.717, 1.165) is 13.0 Å². The summed E-state index contributed by atoms with van der Waals surface area (Å²) >= 11 is 0. The number of carbonyl (C=O) groups is 1. The Morgan fingerprint density at radius 1 is 0.741 bits per heavy atom. The van der Waals surface area contributed by atoms with Gasteiger partial charge in [0.15, 0.2) is 0 Å². The van der Waals surface area contributed by atoms with Crippen LogP contribution in [-0.2, 0) is 14.6 Å². The number of aliphatic carboxylic acids is 1. The Labute approximate surface area is 167 Å². The van der Waals surface area contributed by atoms with E-state index in [0.29, 0.717) is 6.61 Å². The van der Waals surface area contributed by atoms with Crippen LogP contribution in [0.15, 0.2) is 12.2 Å². The highest BCUT2D eigenvalue weighted by Crippen LogP contribution is 2.09. The summed E-state index contributed by atoms with van der Waals surface area (Å²) in [7, 11) is 0. The van der Waals surface area contributed by atoms with E-state index < -0.39 is 12.6 Å². The standard InChI is InChI=1S/C20H40O2.C2H4O3/c1-3-5-6-7-8-9-10-11-12-13-14-15-16-17-18-19-20-22-21-4-2;3-1-2(4)5/h11-12H,3-10,13-20H2,1-2H3;3H,1H2,(H,4,5)/b12-11-;. The summed E-state index contributed by atoms with van der Waals surface area (Å²) in [4.78, 5) is 19.0. The molecule has 27 heavy (non-hydrogen) atoms. The van der Waals surface area contributed by atoms with Gasteiger partial charge in [-0.3, -0.25) is 0 Å². The minimum Gasteiger partial charge on any atom is -0.480 e. The number of carboxylic acid groups (broad SMARTS) is 1. The van der Waals surface area contributed by atoms with E-state index >= 15 is 0 Å². The lowest BCUT2D eigenvalue weighted by Crippen LogP contribution is -1.98. The molecule has 0 amide bonds. The summed E-state index contributed by atoms with van der Waals surface area (Å²) in [5, 5.41) is 15.0. The van der Waals surface area contributed by atoms with Gasteiger partial charge in [0.1, 0.15) is 6.61 Å². The van der Waals surface area contributed by atoms with Gasteiger partial charge in [0, 0.05) is 0 Å². The zero-order valence-electron chi connectivity index (χ0n) is 17.8. The van der Waals surface area contributed by atoms with Gasteiger partial charge in [-0.05, 0) is 39.0 Å². The molecule has 0 aliphatic heterocycles. The molecule has 0 bridgehead atoms. The topological polar surface area (TPSA) is 76.0 Å². The number of aliphatic hydroxyl groups is 1. The summed E-state index contributed by atoms with van der Waals surface area (Å²) in [5.41, 5.74) is 0. The van der Waals surface area contributed by atoms with Crippen LogP contribution in [0.2, 0.25) is 0 Å². The molecule has 0 aromatic carbocycles. The number of unbranched alkanes of at least 4 members (excludes halogenated alkanes) is 12. The van der Waals surface area contributed by atoms with Gasteiger partial charge in [-0.2, -0.15) is 0 Å². The molecule has 0 heterocycles. The number of carboxylic acids is 1. The lowest BCUT2D eigenvalue weighted by atomic mass is 10.1. The quantitative estimate of drug-likeness (QED) is 0.122. The second-order valence-corrected chi connectivity index (χ2v) is 6.72. The van der Waals surface area contributed by atoms with Gasteiger partial charge in [-0.1, -0.05) is 76.9 Å². The van der Waals surface area contributed by atoms with Gasteiger partial charge in [0.2, 0.25) is 0 Å². The summed E-state index contributed by atoms with van der Waals surface area (Å²) in [6, 6.07) is 0. The van der Waals surface area contributed by atoms with Crippen molar-refractivity contribution in [2.75, 3.05) is 19.8 Å². The molecule has 0 aromatic heterocycles. The van der Waals surface area contributed by atoms with Crippen LogP contribution in [0.5, 0.6) is 0 Å². The molecule has 0 aliphatic carbocycles. The summed E-state index contributed by atoms with van der Waals surface area (Å²) in [5.74, 6) is -1.19. The van der Waals surface area contributed by atoms with Gasteiger partial charge in [-0.25, -0.2) is 14.6 Å². The maximum Gasteiger partial charge on any atom is 0.329 e. The molecule has 0 aromatic rings. The zero-order chi connectivity index (χ0) is 20.4. The van der Waals surface area contributed by atoms with Crippen molar-refractivity contribution in [2.45, 2.75) is 104 Å². The van der Waals surface area contributed by atoms with E-state index in [1.807, 2.05) is 6.92 Å². The molecule has 0 saturated heterocycles. The lowest BCUT2D eigenvalue weighted by molar-refractivity contribution is -0.291. The highest BCUT2D eigenvalue weighted by Gasteiger charge is 1.92. The molecule has 0 aliphatic rings. The molecular formula is C22H44O5. The van der Waals surface area contributed by atoms with Crippen molar-refractivity contribution in [3.05, 3.63) is 12.2 Å². The van der Waals surface area contributed by atoms with Crippen LogP contribution in [-0.4, -0.2) is 36.0 Å². The third-order valence-corrected chi connectivity index (χ3v) is 4.08. The van der Waals surface area contributed by atoms with Crippen LogP contribution in [0.3, 0.4) is 0 Å². The van der Waals surface area contributed by atoms with Gasteiger partial charge < -0.3 is 10.2 Å². The van der Waals surface area contributed by atoms with Crippen molar-refractivity contribution in [3.8, 4) is 0 Å². The van der Waals surface area contributed by atoms with Crippen LogP contribution in [0, 0.1) is 0 Å². The third-order valence-electron chi connectivity index (χ3n) is 4.08. The Bertz CT molecular complexity index is 305. The molecule has 162 valence electrons. The molecule has 0 spiro atoms. The maximum absolute atomic E-state index is 9.12. The Balaban J connectivity index is 0. The molecule has 0 fully saturated rings. The Morgan fingerprint density at radius 3 is 1.63 bits per heavy atom. The minimum atomic E-state index is -1.19. The maximum atomic E-state index is 9.12. The molecule has 5 nitrogen and oxygen atoms in total. The number of hydrogen-bond donors (Lipinski definition) is 2. The third kappa shape index (κ3) is 33.1. The zero-order valence-corrected chi connectivity index (χ0v) is 17.8. The van der Waals surface area contributed by atoms with E-state index in [-0.39, 0.29) is 0 Å². The molecule has 0 rings (SSSR count). The monoisotopic (exact) mass is 388 g/mol. The largest absolute Gasteiger partial charge is 0.480 e. The van der Waals surface area contributed by atoms with Crippen molar-refractivity contribution in [2.24, 2.45) is 0 Å². The van der Waals surface area contributed by atoms with Crippen LogP contribution in [0.25, 0.3) is 0 Å².